The van der Waals surface area contributed by atoms with Crippen molar-refractivity contribution in [2.75, 3.05) is 5.32 Å². The lowest BCUT2D eigenvalue weighted by Gasteiger charge is -2.36. The normalized spacial score (nSPS) is 16.6. The quantitative estimate of drug-likeness (QED) is 0.225. The maximum absolute atomic E-state index is 14.0. The fourth-order valence-electron chi connectivity index (χ4n) is 5.23. The molecule has 4 aromatic rings. The Kier molecular flexibility index (Phi) is 8.66. The summed E-state index contributed by atoms with van der Waals surface area (Å²) in [6, 6.07) is 20.0. The van der Waals surface area contributed by atoms with Gasteiger partial charge in [0.15, 0.2) is 6.10 Å². The molecule has 216 valence electrons. The summed E-state index contributed by atoms with van der Waals surface area (Å²) < 4.78 is 5.81. The number of rotatable bonds is 5. The number of esters is 1. The van der Waals surface area contributed by atoms with Crippen molar-refractivity contribution in [3.8, 4) is 0 Å². The van der Waals surface area contributed by atoms with Crippen LogP contribution in [0.15, 0.2) is 66.7 Å². The van der Waals surface area contributed by atoms with Crippen LogP contribution >= 0.6 is 34.8 Å². The van der Waals surface area contributed by atoms with E-state index in [9.17, 15) is 9.59 Å². The Balaban J connectivity index is 1.56. The largest absolute Gasteiger partial charge is 0.449 e. The molecule has 1 N–H and O–H groups in total. The van der Waals surface area contributed by atoms with Gasteiger partial charge < -0.3 is 10.1 Å². The van der Waals surface area contributed by atoms with Crippen LogP contribution in [0.4, 0.5) is 5.69 Å². The third kappa shape index (κ3) is 6.49. The van der Waals surface area contributed by atoms with E-state index in [0.717, 1.165) is 28.8 Å². The molecule has 1 aliphatic rings. The molecular formula is C34H31Cl3N2O3. The Morgan fingerprint density at radius 1 is 0.976 bits per heavy atom. The number of pyridine rings is 1. The van der Waals surface area contributed by atoms with Crippen LogP contribution < -0.4 is 5.32 Å². The van der Waals surface area contributed by atoms with Gasteiger partial charge in [0.2, 0.25) is 0 Å². The Morgan fingerprint density at radius 2 is 1.67 bits per heavy atom. The molecular weight excluding hydrogens is 591 g/mol. The summed E-state index contributed by atoms with van der Waals surface area (Å²) in [4.78, 5) is 32.0. The maximum Gasteiger partial charge on any atom is 0.339 e. The Labute approximate surface area is 260 Å². The van der Waals surface area contributed by atoms with E-state index in [2.05, 4.69) is 32.2 Å². The summed E-state index contributed by atoms with van der Waals surface area (Å²) in [6.45, 7) is 8.17. The van der Waals surface area contributed by atoms with E-state index in [0.29, 0.717) is 38.6 Å². The topological polar surface area (TPSA) is 68.3 Å². The first-order valence-electron chi connectivity index (χ1n) is 13.8. The molecule has 1 amide bonds. The van der Waals surface area contributed by atoms with Crippen molar-refractivity contribution in [1.29, 1.82) is 0 Å². The number of amides is 1. The van der Waals surface area contributed by atoms with Crippen molar-refractivity contribution < 1.29 is 14.3 Å². The van der Waals surface area contributed by atoms with Crippen LogP contribution in [0.3, 0.4) is 0 Å². The number of hydrogen-bond acceptors (Lipinski definition) is 4. The number of nitrogens with one attached hydrogen (secondary N) is 1. The monoisotopic (exact) mass is 620 g/mol. The lowest BCUT2D eigenvalue weighted by atomic mass is 9.69. The molecule has 0 saturated heterocycles. The smallest absolute Gasteiger partial charge is 0.339 e. The second-order valence-corrected chi connectivity index (χ2v) is 13.0. The highest BCUT2D eigenvalue weighted by atomic mass is 35.5. The van der Waals surface area contributed by atoms with E-state index in [1.807, 2.05) is 48.5 Å². The number of aromatic nitrogens is 1. The van der Waals surface area contributed by atoms with Crippen LogP contribution in [-0.2, 0) is 16.0 Å². The third-order valence-electron chi connectivity index (χ3n) is 7.70. The van der Waals surface area contributed by atoms with Gasteiger partial charge >= 0.3 is 5.97 Å². The van der Waals surface area contributed by atoms with E-state index in [1.165, 1.54) is 13.0 Å². The van der Waals surface area contributed by atoms with Crippen molar-refractivity contribution in [2.24, 2.45) is 11.3 Å². The first kappa shape index (κ1) is 30.1. The van der Waals surface area contributed by atoms with Crippen molar-refractivity contribution in [3.05, 3.63) is 104 Å². The summed E-state index contributed by atoms with van der Waals surface area (Å²) in [5, 5.41) is 4.81. The van der Waals surface area contributed by atoms with E-state index in [-0.39, 0.29) is 16.4 Å². The summed E-state index contributed by atoms with van der Waals surface area (Å²) in [7, 11) is 0. The summed E-state index contributed by atoms with van der Waals surface area (Å²) >= 11 is 18.3. The number of hydrogen-bond donors (Lipinski definition) is 1. The number of anilines is 1. The molecule has 1 aromatic heterocycles. The van der Waals surface area contributed by atoms with Gasteiger partial charge in [-0.05, 0) is 90.3 Å². The van der Waals surface area contributed by atoms with Gasteiger partial charge in [-0.3, -0.25) is 4.79 Å². The molecule has 8 heteroatoms. The van der Waals surface area contributed by atoms with Gasteiger partial charge in [0.25, 0.3) is 5.91 Å². The minimum absolute atomic E-state index is 0.0331. The van der Waals surface area contributed by atoms with Gasteiger partial charge in [-0.25, -0.2) is 9.78 Å². The lowest BCUT2D eigenvalue weighted by molar-refractivity contribution is -0.123. The second kappa shape index (κ2) is 12.1. The zero-order valence-corrected chi connectivity index (χ0v) is 26.1. The lowest BCUT2D eigenvalue weighted by Crippen LogP contribution is -2.32. The molecule has 1 aliphatic carbocycles. The average Bonchev–Trinajstić information content (AvgIpc) is 2.93. The van der Waals surface area contributed by atoms with Crippen molar-refractivity contribution in [2.45, 2.75) is 46.6 Å². The minimum Gasteiger partial charge on any atom is -0.449 e. The van der Waals surface area contributed by atoms with Gasteiger partial charge in [0.05, 0.1) is 27.5 Å². The van der Waals surface area contributed by atoms with Crippen molar-refractivity contribution in [3.63, 3.8) is 0 Å². The molecule has 2 atom stereocenters. The predicted octanol–water partition coefficient (Wildman–Crippen LogP) is 9.53. The Morgan fingerprint density at radius 3 is 2.36 bits per heavy atom. The van der Waals surface area contributed by atoms with Gasteiger partial charge in [0.1, 0.15) is 0 Å². The van der Waals surface area contributed by atoms with Gasteiger partial charge in [-0.15, -0.1) is 0 Å². The highest BCUT2D eigenvalue weighted by molar-refractivity contribution is 6.36. The average molecular weight is 622 g/mol. The summed E-state index contributed by atoms with van der Waals surface area (Å²) in [5.74, 6) is -0.836. The molecule has 5 rings (SSSR count). The molecule has 0 radical (unpaired) electrons. The van der Waals surface area contributed by atoms with Gasteiger partial charge in [0, 0.05) is 15.4 Å². The molecule has 2 unspecified atom stereocenters. The van der Waals surface area contributed by atoms with Crippen LogP contribution in [0.1, 0.15) is 61.3 Å². The summed E-state index contributed by atoms with van der Waals surface area (Å²) in [5.41, 5.74) is 5.13. The number of halogens is 3. The number of benzene rings is 3. The maximum atomic E-state index is 14.0. The third-order valence-corrected chi connectivity index (χ3v) is 8.50. The van der Waals surface area contributed by atoms with E-state index >= 15 is 0 Å². The SMILES string of the molecule is CC(OC(=O)c1c2c(nc3ccccc13)C(=Cc1ccc(Cl)cc1)CC(C(C)(C)C)C2)C(=O)Nc1ccc(Cl)cc1Cl. The highest BCUT2D eigenvalue weighted by Crippen LogP contribution is 2.45. The Bertz CT molecular complexity index is 1710. The van der Waals surface area contributed by atoms with Crippen molar-refractivity contribution in [1.82, 2.24) is 4.98 Å². The minimum atomic E-state index is -1.09. The van der Waals surface area contributed by atoms with E-state index in [4.69, 9.17) is 44.5 Å². The fourth-order valence-corrected chi connectivity index (χ4v) is 5.81. The number of nitrogens with zero attached hydrogens (tertiary/aromatic N) is 1. The standard InChI is InChI=1S/C34H31Cl3N2O3/c1-19(32(40)39-29-14-13-24(36)18-27(29)37)42-33(41)30-25-7-5-6-8-28(25)38-31-21(15-20-9-11-23(35)12-10-20)16-22(17-26(30)31)34(2,3)4/h5-15,18-19,22H,16-17H2,1-4H3,(H,39,40). The van der Waals surface area contributed by atoms with E-state index < -0.39 is 18.0 Å². The first-order valence-corrected chi connectivity index (χ1v) is 14.9. The van der Waals surface area contributed by atoms with Crippen LogP contribution in [-0.4, -0.2) is 23.0 Å². The molecule has 0 bridgehead atoms. The predicted molar refractivity (Wildman–Crippen MR) is 172 cm³/mol. The molecule has 0 aliphatic heterocycles. The number of para-hydroxylation sites is 1. The molecule has 0 fully saturated rings. The summed E-state index contributed by atoms with van der Waals surface area (Å²) in [6.07, 6.45) is 2.49. The van der Waals surface area contributed by atoms with Crippen LogP contribution in [0, 0.1) is 11.3 Å². The molecule has 1 heterocycles. The fraction of sp³-hybridized carbons (Fsp3) is 0.265. The number of ether oxygens (including phenoxy) is 1. The molecule has 42 heavy (non-hydrogen) atoms. The number of fused-ring (bicyclic) bond motifs is 2. The number of allylic oxidation sites excluding steroid dienone is 1. The van der Waals surface area contributed by atoms with Gasteiger partial charge in [-0.2, -0.15) is 0 Å². The second-order valence-electron chi connectivity index (χ2n) is 11.7. The van der Waals surface area contributed by atoms with Crippen LogP contribution in [0.25, 0.3) is 22.6 Å². The number of carbonyl (C=O) groups excluding carboxylic acids is 2. The van der Waals surface area contributed by atoms with Crippen LogP contribution in [0.5, 0.6) is 0 Å². The number of carbonyl (C=O) groups is 2. The zero-order chi connectivity index (χ0) is 30.2. The molecule has 0 spiro atoms. The van der Waals surface area contributed by atoms with Crippen molar-refractivity contribution >= 4 is 74.9 Å². The first-order chi connectivity index (χ1) is 19.9. The molecule has 5 nitrogen and oxygen atoms in total. The zero-order valence-electron chi connectivity index (χ0n) is 23.8. The highest BCUT2D eigenvalue weighted by Gasteiger charge is 2.36. The van der Waals surface area contributed by atoms with E-state index in [1.54, 1.807) is 12.1 Å². The van der Waals surface area contributed by atoms with Gasteiger partial charge in [-0.1, -0.05) is 85.9 Å². The Hall–Kier alpha value is -3.38. The molecule has 0 saturated carbocycles. The molecule has 3 aromatic carbocycles. The van der Waals surface area contributed by atoms with Crippen LogP contribution in [0.2, 0.25) is 15.1 Å².